The number of methoxy groups -OCH3 is 1. The minimum atomic E-state index is -0.422. The van der Waals surface area contributed by atoms with Crippen LogP contribution in [0.2, 0.25) is 0 Å². The fourth-order valence-corrected chi connectivity index (χ4v) is 3.65. The van der Waals surface area contributed by atoms with E-state index in [1.54, 1.807) is 13.2 Å². The molecule has 1 N–H and O–H groups in total. The molecule has 3 rings (SSSR count). The Hall–Kier alpha value is -2.59. The van der Waals surface area contributed by atoms with Crippen molar-refractivity contribution in [1.29, 1.82) is 0 Å². The van der Waals surface area contributed by atoms with Crippen LogP contribution in [-0.4, -0.2) is 32.8 Å². The first kappa shape index (κ1) is 19.2. The quantitative estimate of drug-likeness (QED) is 0.755. The normalized spacial score (nSPS) is 15.7. The number of nitrogens with one attached hydrogen (secondary N) is 1. The molecule has 142 valence electrons. The highest BCUT2D eigenvalue weighted by atomic mass is 16.5. The second-order valence-corrected chi connectivity index (χ2v) is 7.00. The highest BCUT2D eigenvalue weighted by Gasteiger charge is 2.39. The molecule has 0 unspecified atom stereocenters. The average molecular weight is 365 g/mol. The van der Waals surface area contributed by atoms with E-state index in [2.05, 4.69) is 42.2 Å². The smallest absolute Gasteiger partial charge is 0.226 e. The van der Waals surface area contributed by atoms with Crippen LogP contribution in [0, 0.1) is 5.41 Å². The van der Waals surface area contributed by atoms with Crippen molar-refractivity contribution in [2.24, 2.45) is 5.41 Å². The first-order chi connectivity index (χ1) is 13.2. The third-order valence-corrected chi connectivity index (χ3v) is 5.21. The Bertz CT molecular complexity index is 794. The van der Waals surface area contributed by atoms with Crippen LogP contribution >= 0.6 is 0 Å². The van der Waals surface area contributed by atoms with Gasteiger partial charge in [0, 0.05) is 19.8 Å². The molecule has 0 saturated carbocycles. The van der Waals surface area contributed by atoms with Crippen LogP contribution < -0.4 is 10.1 Å². The van der Waals surface area contributed by atoms with Crippen LogP contribution in [0.4, 0.5) is 0 Å². The summed E-state index contributed by atoms with van der Waals surface area (Å²) in [6.07, 6.45) is 3.89. The van der Waals surface area contributed by atoms with Crippen molar-refractivity contribution in [2.75, 3.05) is 26.9 Å². The van der Waals surface area contributed by atoms with Gasteiger partial charge in [-0.15, -0.1) is 6.58 Å². The minimum Gasteiger partial charge on any atom is -0.497 e. The van der Waals surface area contributed by atoms with Gasteiger partial charge in [-0.2, -0.15) is 0 Å². The van der Waals surface area contributed by atoms with Crippen molar-refractivity contribution >= 4 is 5.91 Å². The summed E-state index contributed by atoms with van der Waals surface area (Å²) >= 11 is 0. The van der Waals surface area contributed by atoms with Crippen LogP contribution in [0.5, 0.6) is 5.75 Å². The summed E-state index contributed by atoms with van der Waals surface area (Å²) in [5.74, 6) is 0.931. The number of carbonyl (C=O) groups excluding carboxylic acids is 1. The Morgan fingerprint density at radius 3 is 2.59 bits per heavy atom. The fourth-order valence-electron chi connectivity index (χ4n) is 3.65. The average Bonchev–Trinajstić information content (AvgIpc) is 2.73. The number of rotatable bonds is 7. The lowest BCUT2D eigenvalue weighted by molar-refractivity contribution is -0.136. The van der Waals surface area contributed by atoms with Gasteiger partial charge < -0.3 is 14.8 Å². The maximum atomic E-state index is 12.9. The molecular weight excluding hydrogens is 338 g/mol. The molecule has 1 amide bonds. The van der Waals surface area contributed by atoms with Gasteiger partial charge in [0.1, 0.15) is 5.75 Å². The third-order valence-electron chi connectivity index (χ3n) is 5.21. The molecule has 0 bridgehead atoms. The lowest BCUT2D eigenvalue weighted by Gasteiger charge is -2.36. The largest absolute Gasteiger partial charge is 0.497 e. The molecule has 27 heavy (non-hydrogen) atoms. The molecule has 1 aliphatic rings. The molecule has 4 heteroatoms. The second kappa shape index (κ2) is 8.87. The molecule has 0 aliphatic carbocycles. The van der Waals surface area contributed by atoms with E-state index in [1.807, 2.05) is 18.2 Å². The number of carbonyl (C=O) groups is 1. The van der Waals surface area contributed by atoms with Gasteiger partial charge in [0.05, 0.1) is 12.5 Å². The van der Waals surface area contributed by atoms with Crippen LogP contribution in [0.3, 0.4) is 0 Å². The van der Waals surface area contributed by atoms with Crippen LogP contribution in [-0.2, 0) is 16.0 Å². The molecule has 0 aromatic heterocycles. The molecular formula is C23H27NO3. The number of ether oxygens (including phenoxy) is 2. The Balaban J connectivity index is 1.86. The molecule has 1 heterocycles. The van der Waals surface area contributed by atoms with Gasteiger partial charge in [-0.1, -0.05) is 42.5 Å². The molecule has 0 radical (unpaired) electrons. The zero-order chi connectivity index (χ0) is 19.1. The molecule has 0 spiro atoms. The Labute approximate surface area is 161 Å². The van der Waals surface area contributed by atoms with E-state index < -0.39 is 5.41 Å². The molecule has 2 aromatic rings. The van der Waals surface area contributed by atoms with Gasteiger partial charge in [0.25, 0.3) is 0 Å². The van der Waals surface area contributed by atoms with Crippen molar-refractivity contribution in [1.82, 2.24) is 5.32 Å². The molecule has 1 saturated heterocycles. The van der Waals surface area contributed by atoms with Gasteiger partial charge in [-0.3, -0.25) is 4.79 Å². The van der Waals surface area contributed by atoms with Gasteiger partial charge in [0.2, 0.25) is 5.91 Å². The maximum absolute atomic E-state index is 12.9. The van der Waals surface area contributed by atoms with Gasteiger partial charge in [0.15, 0.2) is 0 Å². The summed E-state index contributed by atoms with van der Waals surface area (Å²) in [6.45, 7) is 5.43. The summed E-state index contributed by atoms with van der Waals surface area (Å²) in [5.41, 5.74) is 2.97. The van der Waals surface area contributed by atoms with Crippen LogP contribution in [0.25, 0.3) is 11.1 Å². The first-order valence-corrected chi connectivity index (χ1v) is 9.37. The van der Waals surface area contributed by atoms with E-state index >= 15 is 0 Å². The molecule has 1 fully saturated rings. The van der Waals surface area contributed by atoms with Crippen molar-refractivity contribution in [3.8, 4) is 16.9 Å². The third kappa shape index (κ3) is 4.58. The summed E-state index contributed by atoms with van der Waals surface area (Å²) in [7, 11) is 1.67. The van der Waals surface area contributed by atoms with Gasteiger partial charge in [-0.25, -0.2) is 0 Å². The number of benzene rings is 2. The van der Waals surface area contributed by atoms with Crippen molar-refractivity contribution < 1.29 is 14.3 Å². The van der Waals surface area contributed by atoms with E-state index in [4.69, 9.17) is 9.47 Å². The first-order valence-electron chi connectivity index (χ1n) is 9.37. The molecule has 1 aliphatic heterocycles. The summed E-state index contributed by atoms with van der Waals surface area (Å²) in [6, 6.07) is 16.4. The van der Waals surface area contributed by atoms with Crippen LogP contribution in [0.15, 0.2) is 61.2 Å². The summed E-state index contributed by atoms with van der Waals surface area (Å²) < 4.78 is 10.9. The Morgan fingerprint density at radius 1 is 1.19 bits per heavy atom. The molecule has 2 aromatic carbocycles. The van der Waals surface area contributed by atoms with Gasteiger partial charge >= 0.3 is 0 Å². The topological polar surface area (TPSA) is 47.6 Å². The predicted molar refractivity (Wildman–Crippen MR) is 108 cm³/mol. The van der Waals surface area contributed by atoms with E-state index in [9.17, 15) is 4.79 Å². The zero-order valence-corrected chi connectivity index (χ0v) is 15.9. The highest BCUT2D eigenvalue weighted by Crippen LogP contribution is 2.36. The van der Waals surface area contributed by atoms with Crippen molar-refractivity contribution in [3.63, 3.8) is 0 Å². The van der Waals surface area contributed by atoms with E-state index in [1.165, 1.54) is 0 Å². The van der Waals surface area contributed by atoms with Crippen LogP contribution in [0.1, 0.15) is 18.4 Å². The molecule has 4 nitrogen and oxygen atoms in total. The lowest BCUT2D eigenvalue weighted by Crippen LogP contribution is -2.46. The Kier molecular flexibility index (Phi) is 6.30. The SMILES string of the molecule is C=CCNC(=O)C1(Cc2cccc(-c3cccc(OC)c3)c2)CCOCC1. The number of amides is 1. The second-order valence-electron chi connectivity index (χ2n) is 7.00. The van der Waals surface area contributed by atoms with E-state index in [0.29, 0.717) is 26.2 Å². The fraction of sp³-hybridized carbons (Fsp3) is 0.348. The summed E-state index contributed by atoms with van der Waals surface area (Å²) in [4.78, 5) is 12.9. The number of hydrogen-bond donors (Lipinski definition) is 1. The van der Waals surface area contributed by atoms with Crippen molar-refractivity contribution in [3.05, 3.63) is 66.7 Å². The van der Waals surface area contributed by atoms with E-state index in [0.717, 1.165) is 35.3 Å². The summed E-state index contributed by atoms with van der Waals surface area (Å²) in [5, 5.41) is 3.00. The minimum absolute atomic E-state index is 0.0949. The lowest BCUT2D eigenvalue weighted by atomic mass is 9.74. The van der Waals surface area contributed by atoms with E-state index in [-0.39, 0.29) is 5.91 Å². The standard InChI is InChI=1S/C23H27NO3/c1-3-12-24-22(25)23(10-13-27-14-11-23)17-18-6-4-7-19(15-18)20-8-5-9-21(16-20)26-2/h3-9,15-16H,1,10-14,17H2,2H3,(H,24,25). The van der Waals surface area contributed by atoms with Crippen molar-refractivity contribution in [2.45, 2.75) is 19.3 Å². The molecule has 0 atom stereocenters. The highest BCUT2D eigenvalue weighted by molar-refractivity contribution is 5.83. The number of hydrogen-bond acceptors (Lipinski definition) is 3. The van der Waals surface area contributed by atoms with Gasteiger partial charge in [-0.05, 0) is 48.1 Å². The Morgan fingerprint density at radius 2 is 1.89 bits per heavy atom. The maximum Gasteiger partial charge on any atom is 0.226 e. The zero-order valence-electron chi connectivity index (χ0n) is 15.9. The predicted octanol–water partition coefficient (Wildman–Crippen LogP) is 4.00. The monoisotopic (exact) mass is 365 g/mol.